The van der Waals surface area contributed by atoms with E-state index in [-0.39, 0.29) is 0 Å². The van der Waals surface area contributed by atoms with Crippen LogP contribution in [0.2, 0.25) is 5.02 Å². The Morgan fingerprint density at radius 1 is 1.47 bits per heavy atom. The van der Waals surface area contributed by atoms with Gasteiger partial charge in [-0.2, -0.15) is 0 Å². The summed E-state index contributed by atoms with van der Waals surface area (Å²) in [7, 11) is 0. The van der Waals surface area contributed by atoms with E-state index in [0.717, 1.165) is 34.7 Å². The number of hydrogen-bond acceptors (Lipinski definition) is 2. The second kappa shape index (κ2) is 5.07. The van der Waals surface area contributed by atoms with Crippen molar-refractivity contribution < 1.29 is 0 Å². The Morgan fingerprint density at radius 2 is 2.24 bits per heavy atom. The highest BCUT2D eigenvalue weighted by Crippen LogP contribution is 2.25. The number of nitrogens with two attached hydrogens (primary N) is 1. The van der Waals surface area contributed by atoms with Crippen molar-refractivity contribution in [3.8, 4) is 0 Å². The van der Waals surface area contributed by atoms with Crippen LogP contribution in [-0.4, -0.2) is 16.1 Å². The molecule has 1 aromatic carbocycles. The highest BCUT2D eigenvalue weighted by Gasteiger charge is 2.14. The van der Waals surface area contributed by atoms with Crippen LogP contribution in [0.1, 0.15) is 32.1 Å². The molecule has 0 bridgehead atoms. The van der Waals surface area contributed by atoms with Gasteiger partial charge in [0.25, 0.3) is 0 Å². The molecule has 1 aromatic heterocycles. The van der Waals surface area contributed by atoms with Crippen LogP contribution in [0.15, 0.2) is 18.2 Å². The number of fused-ring (bicyclic) bond motifs is 1. The van der Waals surface area contributed by atoms with Crippen molar-refractivity contribution in [2.45, 2.75) is 32.7 Å². The molecule has 2 aromatic rings. The van der Waals surface area contributed by atoms with Gasteiger partial charge in [0.1, 0.15) is 5.82 Å². The van der Waals surface area contributed by atoms with Gasteiger partial charge in [-0.05, 0) is 38.1 Å². The van der Waals surface area contributed by atoms with Gasteiger partial charge in [0, 0.05) is 17.5 Å². The molecule has 1 atom stereocenters. The predicted molar refractivity (Wildman–Crippen MR) is 72.5 cm³/mol. The number of benzene rings is 1. The molecule has 0 saturated carbocycles. The van der Waals surface area contributed by atoms with Crippen molar-refractivity contribution in [3.05, 3.63) is 29.0 Å². The summed E-state index contributed by atoms with van der Waals surface area (Å²) in [6, 6.07) is 6.30. The van der Waals surface area contributed by atoms with E-state index in [4.69, 9.17) is 17.3 Å². The molecule has 0 aliphatic rings. The van der Waals surface area contributed by atoms with Gasteiger partial charge in [-0.1, -0.05) is 18.5 Å². The van der Waals surface area contributed by atoms with Crippen LogP contribution in [-0.2, 0) is 6.42 Å². The molecule has 0 aliphatic heterocycles. The van der Waals surface area contributed by atoms with Gasteiger partial charge < -0.3 is 10.3 Å². The van der Waals surface area contributed by atoms with Gasteiger partial charge in [0.15, 0.2) is 0 Å². The predicted octanol–water partition coefficient (Wildman–Crippen LogP) is 3.16. The zero-order valence-electron chi connectivity index (χ0n) is 10.3. The van der Waals surface area contributed by atoms with E-state index < -0.39 is 0 Å². The lowest BCUT2D eigenvalue weighted by atomic mass is 10.2. The highest BCUT2D eigenvalue weighted by molar-refractivity contribution is 6.31. The minimum atomic E-state index is 0.433. The smallest absolute Gasteiger partial charge is 0.111 e. The quantitative estimate of drug-likeness (QED) is 0.907. The number of aromatic nitrogens is 2. The first-order chi connectivity index (χ1) is 8.17. The van der Waals surface area contributed by atoms with Gasteiger partial charge in [0.05, 0.1) is 11.0 Å². The van der Waals surface area contributed by atoms with E-state index in [1.165, 1.54) is 0 Å². The Kier molecular flexibility index (Phi) is 3.69. The summed E-state index contributed by atoms with van der Waals surface area (Å²) >= 11 is 6.00. The maximum Gasteiger partial charge on any atom is 0.111 e. The fourth-order valence-electron chi connectivity index (χ4n) is 2.10. The van der Waals surface area contributed by atoms with Crippen LogP contribution in [0.4, 0.5) is 0 Å². The Hall–Kier alpha value is -1.06. The van der Waals surface area contributed by atoms with E-state index in [1.807, 2.05) is 18.2 Å². The second-order valence-corrected chi connectivity index (χ2v) is 4.76. The second-order valence-electron chi connectivity index (χ2n) is 4.33. The largest absolute Gasteiger partial charge is 0.330 e. The lowest BCUT2D eigenvalue weighted by molar-refractivity contribution is 0.522. The maximum atomic E-state index is 6.00. The monoisotopic (exact) mass is 251 g/mol. The van der Waals surface area contributed by atoms with Crippen LogP contribution in [0.5, 0.6) is 0 Å². The number of hydrogen-bond donors (Lipinski definition) is 1. The molecule has 1 heterocycles. The summed E-state index contributed by atoms with van der Waals surface area (Å²) in [5.41, 5.74) is 7.75. The zero-order chi connectivity index (χ0) is 12.4. The van der Waals surface area contributed by atoms with Crippen LogP contribution in [0, 0.1) is 0 Å². The number of rotatable bonds is 4. The third-order valence-electron chi connectivity index (χ3n) is 3.12. The molecule has 0 aliphatic carbocycles. The average Bonchev–Trinajstić information content (AvgIpc) is 2.65. The van der Waals surface area contributed by atoms with Gasteiger partial charge in [-0.3, -0.25) is 0 Å². The first kappa shape index (κ1) is 12.4. The molecule has 1 unspecified atom stereocenters. The van der Waals surface area contributed by atoms with Gasteiger partial charge in [0.2, 0.25) is 0 Å². The Balaban J connectivity index is 2.62. The fourth-order valence-corrected chi connectivity index (χ4v) is 2.27. The zero-order valence-corrected chi connectivity index (χ0v) is 11.0. The molecular formula is C13H18ClN3. The van der Waals surface area contributed by atoms with Crippen molar-refractivity contribution in [1.82, 2.24) is 9.55 Å². The molecule has 0 amide bonds. The molecule has 4 heteroatoms. The summed E-state index contributed by atoms with van der Waals surface area (Å²) < 4.78 is 2.28. The van der Waals surface area contributed by atoms with E-state index in [1.54, 1.807) is 0 Å². The van der Waals surface area contributed by atoms with Crippen LogP contribution in [0.3, 0.4) is 0 Å². The van der Waals surface area contributed by atoms with Gasteiger partial charge >= 0.3 is 0 Å². The Bertz CT molecular complexity index is 519. The summed E-state index contributed by atoms with van der Waals surface area (Å²) in [6.45, 7) is 5.00. The van der Waals surface area contributed by atoms with Crippen molar-refractivity contribution in [2.75, 3.05) is 6.54 Å². The molecule has 2 rings (SSSR count). The van der Waals surface area contributed by atoms with Crippen LogP contribution in [0.25, 0.3) is 11.0 Å². The molecule has 0 saturated heterocycles. The maximum absolute atomic E-state index is 6.00. The lowest BCUT2D eigenvalue weighted by Gasteiger charge is -2.15. The molecule has 2 N–H and O–H groups in total. The van der Waals surface area contributed by atoms with Crippen molar-refractivity contribution >= 4 is 22.6 Å². The fraction of sp³-hybridized carbons (Fsp3) is 0.462. The number of imidazole rings is 1. The first-order valence-electron chi connectivity index (χ1n) is 6.03. The van der Waals surface area contributed by atoms with Crippen molar-refractivity contribution in [2.24, 2.45) is 5.73 Å². The normalized spacial score (nSPS) is 13.2. The molecule has 3 nitrogen and oxygen atoms in total. The highest BCUT2D eigenvalue weighted by atomic mass is 35.5. The minimum Gasteiger partial charge on any atom is -0.330 e. The van der Waals surface area contributed by atoms with E-state index in [2.05, 4.69) is 23.4 Å². The van der Waals surface area contributed by atoms with Gasteiger partial charge in [-0.15, -0.1) is 0 Å². The summed E-state index contributed by atoms with van der Waals surface area (Å²) in [4.78, 5) is 4.63. The first-order valence-corrected chi connectivity index (χ1v) is 6.41. The Morgan fingerprint density at radius 3 is 2.88 bits per heavy atom. The van der Waals surface area contributed by atoms with E-state index in [9.17, 15) is 0 Å². The number of nitrogens with zero attached hydrogens (tertiary/aromatic N) is 2. The van der Waals surface area contributed by atoms with Crippen molar-refractivity contribution in [1.29, 1.82) is 0 Å². The standard InChI is InChI=1S/C13H18ClN3/c1-3-9(2)17-12-5-4-10(14)8-11(12)16-13(17)6-7-15/h4-5,8-9H,3,6-7,15H2,1-2H3. The summed E-state index contributed by atoms with van der Waals surface area (Å²) in [5.74, 6) is 1.05. The molecule has 92 valence electrons. The van der Waals surface area contributed by atoms with Crippen LogP contribution >= 0.6 is 11.6 Å². The topological polar surface area (TPSA) is 43.8 Å². The Labute approximate surface area is 107 Å². The third kappa shape index (κ3) is 2.31. The molecule has 0 spiro atoms. The average molecular weight is 252 g/mol. The summed E-state index contributed by atoms with van der Waals surface area (Å²) in [5, 5.41) is 0.727. The summed E-state index contributed by atoms with van der Waals surface area (Å²) in [6.07, 6.45) is 1.88. The molecular weight excluding hydrogens is 234 g/mol. The SMILES string of the molecule is CCC(C)n1c(CCN)nc2cc(Cl)ccc21. The molecule has 0 fully saturated rings. The minimum absolute atomic E-state index is 0.433. The molecule has 17 heavy (non-hydrogen) atoms. The van der Waals surface area contributed by atoms with E-state index >= 15 is 0 Å². The van der Waals surface area contributed by atoms with Crippen LogP contribution < -0.4 is 5.73 Å². The van der Waals surface area contributed by atoms with Gasteiger partial charge in [-0.25, -0.2) is 4.98 Å². The third-order valence-corrected chi connectivity index (χ3v) is 3.36. The number of halogens is 1. The van der Waals surface area contributed by atoms with E-state index in [0.29, 0.717) is 12.6 Å². The lowest BCUT2D eigenvalue weighted by Crippen LogP contribution is -2.12. The van der Waals surface area contributed by atoms with Crippen molar-refractivity contribution in [3.63, 3.8) is 0 Å². The molecule has 0 radical (unpaired) electrons.